The molecule has 2 rings (SSSR count). The molecule has 3 N–H and O–H groups in total. The number of benzene rings is 1. The summed E-state index contributed by atoms with van der Waals surface area (Å²) < 4.78 is 26.8. The van der Waals surface area contributed by atoms with E-state index in [1.165, 1.54) is 12.4 Å². The molecule has 0 radical (unpaired) electrons. The van der Waals surface area contributed by atoms with Crippen LogP contribution in [0.25, 0.3) is 0 Å². The molecule has 20 heavy (non-hydrogen) atoms. The Labute approximate surface area is 118 Å². The maximum absolute atomic E-state index is 12.2. The fourth-order valence-corrected chi connectivity index (χ4v) is 2.58. The summed E-state index contributed by atoms with van der Waals surface area (Å²) in [5, 5.41) is 0. The minimum Gasteiger partial charge on any atom is -0.368 e. The van der Waals surface area contributed by atoms with Crippen LogP contribution in [-0.4, -0.2) is 18.4 Å². The lowest BCUT2D eigenvalue weighted by Crippen LogP contribution is -2.14. The summed E-state index contributed by atoms with van der Waals surface area (Å²) >= 11 is 0. The molecular weight excluding hydrogens is 276 g/mol. The van der Waals surface area contributed by atoms with Gasteiger partial charge in [0, 0.05) is 5.69 Å². The number of nitrogens with zero attached hydrogens (tertiary/aromatic N) is 2. The number of nitrogen functional groups attached to an aromatic ring is 1. The van der Waals surface area contributed by atoms with Crippen molar-refractivity contribution in [1.29, 1.82) is 0 Å². The summed E-state index contributed by atoms with van der Waals surface area (Å²) in [4.78, 5) is 7.33. The summed E-state index contributed by atoms with van der Waals surface area (Å²) in [6, 6.07) is 7.27. The summed E-state index contributed by atoms with van der Waals surface area (Å²) in [6.45, 7) is 4.09. The average molecular weight is 292 g/mol. The molecule has 0 bridgehead atoms. The van der Waals surface area contributed by atoms with Crippen molar-refractivity contribution in [2.75, 3.05) is 10.5 Å². The number of aromatic nitrogens is 2. The van der Waals surface area contributed by atoms with Gasteiger partial charge in [-0.2, -0.15) is 0 Å². The Morgan fingerprint density at radius 2 is 1.85 bits per heavy atom. The fourth-order valence-electron chi connectivity index (χ4n) is 1.64. The van der Waals surface area contributed by atoms with Crippen LogP contribution in [0.1, 0.15) is 25.3 Å². The van der Waals surface area contributed by atoms with Crippen molar-refractivity contribution in [3.63, 3.8) is 0 Å². The van der Waals surface area contributed by atoms with E-state index >= 15 is 0 Å². The molecule has 2 aromatic rings. The summed E-state index contributed by atoms with van der Waals surface area (Å²) in [5.41, 5.74) is 6.90. The zero-order valence-corrected chi connectivity index (χ0v) is 12.1. The van der Waals surface area contributed by atoms with E-state index in [0.717, 1.165) is 5.56 Å². The van der Waals surface area contributed by atoms with Gasteiger partial charge in [-0.1, -0.05) is 26.0 Å². The second-order valence-corrected chi connectivity index (χ2v) is 6.35. The fraction of sp³-hybridized carbons (Fsp3) is 0.231. The average Bonchev–Trinajstić information content (AvgIpc) is 2.39. The summed E-state index contributed by atoms with van der Waals surface area (Å²) in [7, 11) is -3.70. The third-order valence-electron chi connectivity index (χ3n) is 2.76. The first-order valence-corrected chi connectivity index (χ1v) is 7.57. The number of nitrogens with one attached hydrogen (secondary N) is 1. The SMILES string of the molecule is CC(C)c1cccc(NS(=O)(=O)c2cnc(N)nc2)c1. The van der Waals surface area contributed by atoms with E-state index in [0.29, 0.717) is 11.6 Å². The van der Waals surface area contributed by atoms with Crippen molar-refractivity contribution < 1.29 is 8.42 Å². The smallest absolute Gasteiger partial charge is 0.264 e. The normalized spacial score (nSPS) is 11.6. The molecule has 0 unspecified atom stereocenters. The maximum Gasteiger partial charge on any atom is 0.264 e. The van der Waals surface area contributed by atoms with Crippen molar-refractivity contribution in [1.82, 2.24) is 9.97 Å². The molecule has 1 heterocycles. The molecule has 1 aromatic carbocycles. The quantitative estimate of drug-likeness (QED) is 0.898. The van der Waals surface area contributed by atoms with Gasteiger partial charge in [-0.15, -0.1) is 0 Å². The van der Waals surface area contributed by atoms with Gasteiger partial charge in [0.1, 0.15) is 4.90 Å². The van der Waals surface area contributed by atoms with Crippen molar-refractivity contribution in [3.05, 3.63) is 42.2 Å². The Kier molecular flexibility index (Phi) is 3.89. The third kappa shape index (κ3) is 3.24. The van der Waals surface area contributed by atoms with Gasteiger partial charge >= 0.3 is 0 Å². The molecule has 106 valence electrons. The molecule has 0 aliphatic heterocycles. The lowest BCUT2D eigenvalue weighted by Gasteiger charge is -2.10. The summed E-state index contributed by atoms with van der Waals surface area (Å²) in [6.07, 6.45) is 2.36. The van der Waals surface area contributed by atoms with Gasteiger partial charge in [-0.25, -0.2) is 18.4 Å². The number of anilines is 2. The van der Waals surface area contributed by atoms with E-state index in [9.17, 15) is 8.42 Å². The number of nitrogens with two attached hydrogens (primary N) is 1. The lowest BCUT2D eigenvalue weighted by atomic mass is 10.0. The first-order chi connectivity index (χ1) is 9.38. The Hall–Kier alpha value is -2.15. The van der Waals surface area contributed by atoms with E-state index in [-0.39, 0.29) is 10.8 Å². The zero-order chi connectivity index (χ0) is 14.8. The largest absolute Gasteiger partial charge is 0.368 e. The molecule has 0 atom stereocenters. The van der Waals surface area contributed by atoms with Crippen molar-refractivity contribution in [2.45, 2.75) is 24.7 Å². The van der Waals surface area contributed by atoms with Gasteiger partial charge < -0.3 is 5.73 Å². The Bertz CT molecular complexity index is 697. The van der Waals surface area contributed by atoms with Gasteiger partial charge in [-0.05, 0) is 23.6 Å². The van der Waals surface area contributed by atoms with E-state index in [2.05, 4.69) is 14.7 Å². The topological polar surface area (TPSA) is 98.0 Å². The van der Waals surface area contributed by atoms with Gasteiger partial charge in [0.05, 0.1) is 12.4 Å². The standard InChI is InChI=1S/C13H16N4O2S/c1-9(2)10-4-3-5-11(6-10)17-20(18,19)12-7-15-13(14)16-8-12/h3-9,17H,1-2H3,(H2,14,15,16). The van der Waals surface area contributed by atoms with Crippen LogP contribution in [0, 0.1) is 0 Å². The van der Waals surface area contributed by atoms with Crippen LogP contribution in [0.5, 0.6) is 0 Å². The molecule has 0 aliphatic rings. The van der Waals surface area contributed by atoms with Crippen LogP contribution in [-0.2, 0) is 10.0 Å². The van der Waals surface area contributed by atoms with Crippen molar-refractivity contribution >= 4 is 21.7 Å². The minimum atomic E-state index is -3.70. The van der Waals surface area contributed by atoms with Crippen LogP contribution in [0.4, 0.5) is 11.6 Å². The molecule has 1 aromatic heterocycles. The second-order valence-electron chi connectivity index (χ2n) is 4.66. The van der Waals surface area contributed by atoms with E-state index in [1.807, 2.05) is 26.0 Å². The van der Waals surface area contributed by atoms with E-state index < -0.39 is 10.0 Å². The molecule has 0 spiro atoms. The van der Waals surface area contributed by atoms with Crippen LogP contribution >= 0.6 is 0 Å². The second kappa shape index (κ2) is 5.46. The number of sulfonamides is 1. The van der Waals surface area contributed by atoms with Crippen LogP contribution in [0.3, 0.4) is 0 Å². The molecule has 6 nitrogen and oxygen atoms in total. The van der Waals surface area contributed by atoms with Crippen LogP contribution in [0.2, 0.25) is 0 Å². The third-order valence-corrected chi connectivity index (χ3v) is 4.10. The number of hydrogen-bond acceptors (Lipinski definition) is 5. The summed E-state index contributed by atoms with van der Waals surface area (Å²) in [5.74, 6) is 0.352. The monoisotopic (exact) mass is 292 g/mol. The Morgan fingerprint density at radius 3 is 2.45 bits per heavy atom. The number of rotatable bonds is 4. The van der Waals surface area contributed by atoms with E-state index in [1.54, 1.807) is 12.1 Å². The van der Waals surface area contributed by atoms with E-state index in [4.69, 9.17) is 5.73 Å². The molecule has 0 amide bonds. The molecule has 0 saturated heterocycles. The number of hydrogen-bond donors (Lipinski definition) is 2. The van der Waals surface area contributed by atoms with Crippen LogP contribution < -0.4 is 10.5 Å². The first kappa shape index (κ1) is 14.3. The van der Waals surface area contributed by atoms with Gasteiger partial charge in [0.15, 0.2) is 0 Å². The van der Waals surface area contributed by atoms with Crippen LogP contribution in [0.15, 0.2) is 41.6 Å². The highest BCUT2D eigenvalue weighted by Gasteiger charge is 2.15. The highest BCUT2D eigenvalue weighted by molar-refractivity contribution is 7.92. The van der Waals surface area contributed by atoms with Gasteiger partial charge in [-0.3, -0.25) is 4.72 Å². The van der Waals surface area contributed by atoms with Crippen molar-refractivity contribution in [3.8, 4) is 0 Å². The molecule has 0 aliphatic carbocycles. The maximum atomic E-state index is 12.2. The molecule has 0 fully saturated rings. The molecule has 7 heteroatoms. The lowest BCUT2D eigenvalue weighted by molar-refractivity contribution is 0.600. The predicted molar refractivity (Wildman–Crippen MR) is 77.8 cm³/mol. The Morgan fingerprint density at radius 1 is 1.20 bits per heavy atom. The Balaban J connectivity index is 2.28. The predicted octanol–water partition coefficient (Wildman–Crippen LogP) is 1.98. The highest BCUT2D eigenvalue weighted by atomic mass is 32.2. The zero-order valence-electron chi connectivity index (χ0n) is 11.2. The van der Waals surface area contributed by atoms with Gasteiger partial charge in [0.2, 0.25) is 5.95 Å². The molecular formula is C13H16N4O2S. The minimum absolute atomic E-state index is 0.0262. The highest BCUT2D eigenvalue weighted by Crippen LogP contribution is 2.20. The first-order valence-electron chi connectivity index (χ1n) is 6.09. The van der Waals surface area contributed by atoms with Gasteiger partial charge in [0.25, 0.3) is 10.0 Å². The molecule has 0 saturated carbocycles. The van der Waals surface area contributed by atoms with Crippen molar-refractivity contribution in [2.24, 2.45) is 0 Å².